The number of nitrogens with one attached hydrogen (secondary N) is 1. The second-order valence-corrected chi connectivity index (χ2v) is 4.82. The van der Waals surface area contributed by atoms with Crippen LogP contribution in [-0.4, -0.2) is 55.0 Å². The number of hydrogen-bond acceptors (Lipinski definition) is 4. The van der Waals surface area contributed by atoms with Crippen LogP contribution >= 0.6 is 11.6 Å². The maximum Gasteiger partial charge on any atom is 0.261 e. The minimum absolute atomic E-state index is 0.378. The highest BCUT2D eigenvalue weighted by Gasteiger charge is 2.34. The quantitative estimate of drug-likeness (QED) is 0.796. The van der Waals surface area contributed by atoms with E-state index in [9.17, 15) is 9.90 Å². The summed E-state index contributed by atoms with van der Waals surface area (Å²) in [7, 11) is 6.68. The average molecular weight is 272 g/mol. The van der Waals surface area contributed by atoms with Crippen molar-refractivity contribution in [2.75, 3.05) is 28.2 Å². The molecule has 0 aliphatic heterocycles. The van der Waals surface area contributed by atoms with Gasteiger partial charge < -0.3 is 5.11 Å². The maximum atomic E-state index is 12.0. The Hall–Kier alpha value is -1.14. The van der Waals surface area contributed by atoms with E-state index in [0.29, 0.717) is 10.6 Å². The molecule has 0 fully saturated rings. The van der Waals surface area contributed by atoms with Gasteiger partial charge in [0, 0.05) is 10.6 Å². The zero-order valence-electron chi connectivity index (χ0n) is 10.9. The van der Waals surface area contributed by atoms with Crippen LogP contribution in [0.2, 0.25) is 5.02 Å². The Morgan fingerprint density at radius 1 is 1.17 bits per heavy atom. The molecule has 0 saturated carbocycles. The Morgan fingerprint density at radius 2 is 1.61 bits per heavy atom. The lowest BCUT2D eigenvalue weighted by atomic mass is 10.2. The lowest BCUT2D eigenvalue weighted by molar-refractivity contribution is -0.196. The molecule has 0 spiro atoms. The van der Waals surface area contributed by atoms with E-state index in [-0.39, 0.29) is 5.91 Å². The molecule has 1 rings (SSSR count). The molecule has 0 saturated heterocycles. The fourth-order valence-corrected chi connectivity index (χ4v) is 1.58. The third-order valence-electron chi connectivity index (χ3n) is 2.63. The molecule has 0 aliphatic carbocycles. The van der Waals surface area contributed by atoms with Crippen LogP contribution in [0.25, 0.3) is 0 Å². The monoisotopic (exact) mass is 271 g/mol. The van der Waals surface area contributed by atoms with Crippen LogP contribution in [0, 0.1) is 0 Å². The number of hydrogen-bond donors (Lipinski definition) is 2. The van der Waals surface area contributed by atoms with Crippen molar-refractivity contribution in [2.24, 2.45) is 0 Å². The maximum absolute atomic E-state index is 12.0. The van der Waals surface area contributed by atoms with Crippen molar-refractivity contribution in [1.82, 2.24) is 15.1 Å². The van der Waals surface area contributed by atoms with Crippen molar-refractivity contribution in [1.29, 1.82) is 0 Å². The van der Waals surface area contributed by atoms with Crippen LogP contribution in [0.5, 0.6) is 0 Å². The molecule has 1 aromatic carbocycles. The van der Waals surface area contributed by atoms with E-state index in [4.69, 9.17) is 11.6 Å². The normalized spacial score (nSPS) is 12.0. The fourth-order valence-electron chi connectivity index (χ4n) is 1.45. The first-order valence-corrected chi connectivity index (χ1v) is 5.80. The summed E-state index contributed by atoms with van der Waals surface area (Å²) in [4.78, 5) is 15.0. The summed E-state index contributed by atoms with van der Waals surface area (Å²) in [6.45, 7) is 0. The Kier molecular flexibility index (Phi) is 4.70. The topological polar surface area (TPSA) is 55.8 Å². The molecule has 1 amide bonds. The van der Waals surface area contributed by atoms with E-state index in [2.05, 4.69) is 5.32 Å². The minimum Gasteiger partial charge on any atom is -0.346 e. The molecule has 2 N–H and O–H groups in total. The Bertz CT molecular complexity index is 410. The van der Waals surface area contributed by atoms with E-state index in [1.165, 1.54) is 9.80 Å². The van der Waals surface area contributed by atoms with Crippen molar-refractivity contribution in [2.45, 2.75) is 5.97 Å². The number of amides is 1. The van der Waals surface area contributed by atoms with Crippen molar-refractivity contribution in [3.05, 3.63) is 34.9 Å². The van der Waals surface area contributed by atoms with Crippen LogP contribution in [0.15, 0.2) is 24.3 Å². The number of benzene rings is 1. The first-order chi connectivity index (χ1) is 8.27. The van der Waals surface area contributed by atoms with Crippen LogP contribution in [0.4, 0.5) is 0 Å². The van der Waals surface area contributed by atoms with Crippen LogP contribution in [-0.2, 0) is 0 Å². The first kappa shape index (κ1) is 14.9. The predicted molar refractivity (Wildman–Crippen MR) is 71.2 cm³/mol. The molecule has 18 heavy (non-hydrogen) atoms. The van der Waals surface area contributed by atoms with Crippen LogP contribution in [0.1, 0.15) is 10.4 Å². The van der Waals surface area contributed by atoms with Gasteiger partial charge in [-0.1, -0.05) is 11.6 Å². The summed E-state index contributed by atoms with van der Waals surface area (Å²) in [6.07, 6.45) is 0. The Balaban J connectivity index is 2.89. The smallest absolute Gasteiger partial charge is 0.261 e. The third kappa shape index (κ3) is 3.20. The van der Waals surface area contributed by atoms with E-state index in [1.807, 2.05) is 0 Å². The zero-order valence-corrected chi connectivity index (χ0v) is 11.7. The highest BCUT2D eigenvalue weighted by Crippen LogP contribution is 2.12. The minimum atomic E-state index is -1.54. The van der Waals surface area contributed by atoms with E-state index >= 15 is 0 Å². The number of aliphatic hydroxyl groups is 1. The van der Waals surface area contributed by atoms with Gasteiger partial charge in [0.1, 0.15) is 0 Å². The van der Waals surface area contributed by atoms with Crippen molar-refractivity contribution in [3.63, 3.8) is 0 Å². The van der Waals surface area contributed by atoms with Crippen molar-refractivity contribution in [3.8, 4) is 0 Å². The Labute approximate surface area is 112 Å². The Morgan fingerprint density at radius 3 is 2.00 bits per heavy atom. The molecule has 6 heteroatoms. The van der Waals surface area contributed by atoms with Crippen LogP contribution < -0.4 is 5.32 Å². The molecule has 0 radical (unpaired) electrons. The van der Waals surface area contributed by atoms with Gasteiger partial charge in [-0.3, -0.25) is 19.9 Å². The first-order valence-electron chi connectivity index (χ1n) is 5.42. The molecular formula is C12H18ClN3O2. The molecule has 5 nitrogen and oxygen atoms in total. The highest BCUT2D eigenvalue weighted by atomic mass is 35.5. The van der Waals surface area contributed by atoms with Gasteiger partial charge in [0.25, 0.3) is 11.9 Å². The van der Waals surface area contributed by atoms with Gasteiger partial charge in [-0.05, 0) is 52.5 Å². The fraction of sp³-hybridized carbons (Fsp3) is 0.417. The van der Waals surface area contributed by atoms with Crippen molar-refractivity contribution >= 4 is 17.5 Å². The van der Waals surface area contributed by atoms with Gasteiger partial charge in [0.15, 0.2) is 0 Å². The van der Waals surface area contributed by atoms with Gasteiger partial charge in [0.05, 0.1) is 0 Å². The van der Waals surface area contributed by atoms with E-state index < -0.39 is 5.97 Å². The van der Waals surface area contributed by atoms with Crippen LogP contribution in [0.3, 0.4) is 0 Å². The zero-order chi connectivity index (χ0) is 13.9. The summed E-state index contributed by atoms with van der Waals surface area (Å²) in [5, 5.41) is 13.5. The highest BCUT2D eigenvalue weighted by molar-refractivity contribution is 6.30. The lowest BCUT2D eigenvalue weighted by Crippen LogP contribution is -2.66. The molecule has 0 unspecified atom stereocenters. The second kappa shape index (κ2) is 5.67. The van der Waals surface area contributed by atoms with E-state index in [1.54, 1.807) is 52.5 Å². The molecule has 0 aliphatic rings. The third-order valence-corrected chi connectivity index (χ3v) is 2.89. The number of halogens is 1. The number of nitrogens with zero attached hydrogens (tertiary/aromatic N) is 2. The molecule has 1 aromatic rings. The number of carbonyl (C=O) groups excluding carboxylic acids is 1. The average Bonchev–Trinajstić information content (AvgIpc) is 2.29. The van der Waals surface area contributed by atoms with E-state index in [0.717, 1.165) is 0 Å². The van der Waals surface area contributed by atoms with Gasteiger partial charge in [-0.25, -0.2) is 0 Å². The summed E-state index contributed by atoms with van der Waals surface area (Å²) in [5.74, 6) is -1.92. The predicted octanol–water partition coefficient (Wildman–Crippen LogP) is 0.797. The second-order valence-electron chi connectivity index (χ2n) is 4.39. The molecule has 0 bridgehead atoms. The van der Waals surface area contributed by atoms with Gasteiger partial charge >= 0.3 is 0 Å². The molecule has 0 aromatic heterocycles. The molecular weight excluding hydrogens is 254 g/mol. The largest absolute Gasteiger partial charge is 0.346 e. The molecule has 100 valence electrons. The van der Waals surface area contributed by atoms with Gasteiger partial charge in [-0.15, -0.1) is 0 Å². The standard InChI is InChI=1S/C12H18ClN3O2/c1-15(2)12(18,16(3)4)14-11(17)9-5-7-10(13)8-6-9/h5-8,18H,1-4H3,(H,14,17). The summed E-state index contributed by atoms with van der Waals surface area (Å²) in [6, 6.07) is 6.45. The summed E-state index contributed by atoms with van der Waals surface area (Å²) in [5.41, 5.74) is 0.432. The van der Waals surface area contributed by atoms with Gasteiger partial charge in [-0.2, -0.15) is 0 Å². The number of carbonyl (C=O) groups is 1. The number of rotatable bonds is 4. The SMILES string of the molecule is CN(C)C(O)(NC(=O)c1ccc(Cl)cc1)N(C)C. The molecule has 0 atom stereocenters. The lowest BCUT2D eigenvalue weighted by Gasteiger charge is -2.40. The van der Waals surface area contributed by atoms with Crippen molar-refractivity contribution < 1.29 is 9.90 Å². The summed E-state index contributed by atoms with van der Waals surface area (Å²) < 4.78 is 0. The molecule has 0 heterocycles. The summed E-state index contributed by atoms with van der Waals surface area (Å²) >= 11 is 5.75. The van der Waals surface area contributed by atoms with Gasteiger partial charge in [0.2, 0.25) is 0 Å².